The van der Waals surface area contributed by atoms with Gasteiger partial charge in [-0.2, -0.15) is 0 Å². The highest BCUT2D eigenvalue weighted by Crippen LogP contribution is 2.25. The third-order valence-electron chi connectivity index (χ3n) is 5.31. The van der Waals surface area contributed by atoms with Crippen LogP contribution in [0.15, 0.2) is 71.9 Å². The van der Waals surface area contributed by atoms with Crippen LogP contribution < -0.4 is 0 Å². The third kappa shape index (κ3) is 4.80. The van der Waals surface area contributed by atoms with Gasteiger partial charge in [-0.25, -0.2) is 17.2 Å². The molecule has 2 heterocycles. The molecule has 5 nitrogen and oxygen atoms in total. The van der Waals surface area contributed by atoms with Crippen LogP contribution in [0, 0.1) is 17.6 Å². The van der Waals surface area contributed by atoms with Gasteiger partial charge in [-0.1, -0.05) is 12.1 Å². The smallest absolute Gasteiger partial charge is 0.253 e. The lowest BCUT2D eigenvalue weighted by Crippen LogP contribution is -2.50. The summed E-state index contributed by atoms with van der Waals surface area (Å²) in [6.45, 7) is 0.938. The Bertz CT molecular complexity index is 1190. The molecule has 2 aromatic carbocycles. The van der Waals surface area contributed by atoms with E-state index in [0.717, 1.165) is 6.07 Å². The zero-order chi connectivity index (χ0) is 22.0. The van der Waals surface area contributed by atoms with Crippen LogP contribution >= 0.6 is 0 Å². The van der Waals surface area contributed by atoms with E-state index in [0.29, 0.717) is 36.2 Å². The van der Waals surface area contributed by atoms with E-state index in [4.69, 9.17) is 0 Å². The number of carbonyl (C=O) groups is 1. The molecular weight excluding hydrogens is 422 g/mol. The van der Waals surface area contributed by atoms with Gasteiger partial charge in [-0.05, 0) is 59.9 Å². The molecule has 0 spiro atoms. The van der Waals surface area contributed by atoms with Gasteiger partial charge < -0.3 is 4.90 Å². The van der Waals surface area contributed by atoms with Crippen LogP contribution in [0.4, 0.5) is 8.78 Å². The van der Waals surface area contributed by atoms with Gasteiger partial charge in [0.1, 0.15) is 11.6 Å². The maximum Gasteiger partial charge on any atom is 0.253 e. The number of hydrogen-bond acceptors (Lipinski definition) is 4. The van der Waals surface area contributed by atoms with Gasteiger partial charge in [0.15, 0.2) is 9.84 Å². The second kappa shape index (κ2) is 8.55. The van der Waals surface area contributed by atoms with Gasteiger partial charge in [0.2, 0.25) is 0 Å². The molecule has 0 atom stereocenters. The van der Waals surface area contributed by atoms with Crippen LogP contribution in [0.5, 0.6) is 0 Å². The molecule has 0 bridgehead atoms. The van der Waals surface area contributed by atoms with E-state index in [2.05, 4.69) is 4.98 Å². The van der Waals surface area contributed by atoms with E-state index in [1.165, 1.54) is 42.6 Å². The summed E-state index contributed by atoms with van der Waals surface area (Å²) in [5, 5.41) is 0. The highest BCUT2D eigenvalue weighted by Gasteiger charge is 2.32. The molecule has 3 aromatic rings. The minimum atomic E-state index is -3.55. The van der Waals surface area contributed by atoms with Crippen LogP contribution in [0.25, 0.3) is 0 Å². The van der Waals surface area contributed by atoms with Gasteiger partial charge in [-0.3, -0.25) is 9.78 Å². The summed E-state index contributed by atoms with van der Waals surface area (Å²) in [6, 6.07) is 12.8. The molecule has 0 aliphatic carbocycles. The molecule has 1 saturated heterocycles. The summed E-state index contributed by atoms with van der Waals surface area (Å²) in [4.78, 5) is 18.3. The number of amides is 1. The zero-order valence-corrected chi connectivity index (χ0v) is 17.4. The van der Waals surface area contributed by atoms with Crippen molar-refractivity contribution in [2.45, 2.75) is 17.1 Å². The number of hydrogen-bond donors (Lipinski definition) is 0. The van der Waals surface area contributed by atoms with Crippen LogP contribution in [0.3, 0.4) is 0 Å². The Balaban J connectivity index is 1.36. The van der Waals surface area contributed by atoms with Crippen molar-refractivity contribution in [1.29, 1.82) is 0 Å². The number of benzene rings is 2. The first kappa shape index (κ1) is 21.1. The van der Waals surface area contributed by atoms with E-state index in [1.807, 2.05) is 0 Å². The minimum absolute atomic E-state index is 0.100. The molecule has 0 N–H and O–H groups in total. The zero-order valence-electron chi connectivity index (χ0n) is 16.5. The first-order valence-corrected chi connectivity index (χ1v) is 11.4. The fraction of sp³-hybridized carbons (Fsp3) is 0.217. The van der Waals surface area contributed by atoms with E-state index < -0.39 is 21.5 Å². The summed E-state index contributed by atoms with van der Waals surface area (Å²) in [5.41, 5.74) is 1.42. The molecule has 4 rings (SSSR count). The second-order valence-electron chi connectivity index (χ2n) is 7.66. The normalized spacial score (nSPS) is 14.3. The van der Waals surface area contributed by atoms with Gasteiger partial charge >= 0.3 is 0 Å². The van der Waals surface area contributed by atoms with Crippen LogP contribution in [-0.2, 0) is 22.0 Å². The predicted molar refractivity (Wildman–Crippen MR) is 111 cm³/mol. The predicted octanol–water partition coefficient (Wildman–Crippen LogP) is 3.65. The van der Waals surface area contributed by atoms with Gasteiger partial charge in [0.25, 0.3) is 5.91 Å². The second-order valence-corrected chi connectivity index (χ2v) is 9.65. The van der Waals surface area contributed by atoms with E-state index in [9.17, 15) is 22.0 Å². The van der Waals surface area contributed by atoms with Crippen molar-refractivity contribution in [3.8, 4) is 0 Å². The van der Waals surface area contributed by atoms with Crippen LogP contribution in [0.1, 0.15) is 21.5 Å². The van der Waals surface area contributed by atoms with Crippen molar-refractivity contribution < 1.29 is 22.0 Å². The highest BCUT2D eigenvalue weighted by atomic mass is 32.2. The average Bonchev–Trinajstić information content (AvgIpc) is 2.72. The van der Waals surface area contributed by atoms with Gasteiger partial charge in [0.05, 0.1) is 10.6 Å². The van der Waals surface area contributed by atoms with E-state index in [-0.39, 0.29) is 22.5 Å². The van der Waals surface area contributed by atoms with Crippen LogP contribution in [-0.4, -0.2) is 37.3 Å². The Kier molecular flexibility index (Phi) is 5.82. The number of halogens is 2. The lowest BCUT2D eigenvalue weighted by molar-refractivity contribution is 0.0500. The summed E-state index contributed by atoms with van der Waals surface area (Å²) in [6.07, 6.45) is 3.52. The summed E-state index contributed by atoms with van der Waals surface area (Å²) in [5.74, 6) is -1.46. The SMILES string of the molecule is O=C(c1ccc(S(=O)(=O)Cc2cccnc2)cc1)N1CC(Cc2ccc(F)cc2F)C1. The molecule has 1 fully saturated rings. The standard InChI is InChI=1S/C23H20F2N2O3S/c24-20-6-3-19(22(25)11-20)10-17-13-27(14-17)23(28)18-4-7-21(8-5-18)31(29,30)15-16-2-1-9-26-12-16/h1-9,11-12,17H,10,13-15H2. The summed E-state index contributed by atoms with van der Waals surface area (Å²) < 4.78 is 51.9. The van der Waals surface area contributed by atoms with Crippen LogP contribution in [0.2, 0.25) is 0 Å². The lowest BCUT2D eigenvalue weighted by atomic mass is 9.91. The maximum atomic E-state index is 13.8. The Morgan fingerprint density at radius 2 is 1.81 bits per heavy atom. The van der Waals surface area contributed by atoms with E-state index >= 15 is 0 Å². The molecule has 1 aliphatic heterocycles. The molecule has 1 aliphatic rings. The molecule has 8 heteroatoms. The fourth-order valence-electron chi connectivity index (χ4n) is 3.64. The minimum Gasteiger partial charge on any atom is -0.338 e. The van der Waals surface area contributed by atoms with E-state index in [1.54, 1.807) is 23.2 Å². The quantitative estimate of drug-likeness (QED) is 0.585. The Labute approximate surface area is 179 Å². The van der Waals surface area contributed by atoms with Crippen molar-refractivity contribution >= 4 is 15.7 Å². The molecule has 0 unspecified atom stereocenters. The first-order valence-electron chi connectivity index (χ1n) is 9.77. The number of pyridine rings is 1. The highest BCUT2D eigenvalue weighted by molar-refractivity contribution is 7.90. The van der Waals surface area contributed by atoms with Crippen molar-refractivity contribution in [3.05, 3.63) is 95.3 Å². The number of carbonyl (C=O) groups excluding carboxylic acids is 1. The van der Waals surface area contributed by atoms with Crippen molar-refractivity contribution in [1.82, 2.24) is 9.88 Å². The molecule has 1 amide bonds. The molecular formula is C23H20F2N2O3S. The number of likely N-dealkylation sites (tertiary alicyclic amines) is 1. The Morgan fingerprint density at radius 1 is 1.06 bits per heavy atom. The Morgan fingerprint density at radius 3 is 2.45 bits per heavy atom. The van der Waals surface area contributed by atoms with Gasteiger partial charge in [0, 0.05) is 37.1 Å². The topological polar surface area (TPSA) is 67.3 Å². The van der Waals surface area contributed by atoms with Crippen molar-refractivity contribution in [3.63, 3.8) is 0 Å². The summed E-state index contributed by atoms with van der Waals surface area (Å²) >= 11 is 0. The molecule has 1 aromatic heterocycles. The largest absolute Gasteiger partial charge is 0.338 e. The van der Waals surface area contributed by atoms with Gasteiger partial charge in [-0.15, -0.1) is 0 Å². The molecule has 31 heavy (non-hydrogen) atoms. The molecule has 160 valence electrons. The average molecular weight is 442 g/mol. The van der Waals surface area contributed by atoms with Crippen molar-refractivity contribution in [2.24, 2.45) is 5.92 Å². The molecule has 0 saturated carbocycles. The first-order chi connectivity index (χ1) is 14.8. The number of aromatic nitrogens is 1. The fourth-order valence-corrected chi connectivity index (χ4v) is 4.96. The third-order valence-corrected chi connectivity index (χ3v) is 7.01. The summed E-state index contributed by atoms with van der Waals surface area (Å²) in [7, 11) is -3.55. The number of rotatable bonds is 6. The number of sulfone groups is 1. The maximum absolute atomic E-state index is 13.8. The monoisotopic (exact) mass is 442 g/mol. The molecule has 0 radical (unpaired) electrons. The number of nitrogens with zero attached hydrogens (tertiary/aromatic N) is 2. The Hall–Kier alpha value is -3.13. The lowest BCUT2D eigenvalue weighted by Gasteiger charge is -2.39. The van der Waals surface area contributed by atoms with Crippen molar-refractivity contribution in [2.75, 3.05) is 13.1 Å².